The van der Waals surface area contributed by atoms with E-state index in [1.54, 1.807) is 13.2 Å². The average molecular weight is 447 g/mol. The van der Waals surface area contributed by atoms with Gasteiger partial charge in [0.1, 0.15) is 10.6 Å². The Bertz CT molecular complexity index is 945. The van der Waals surface area contributed by atoms with Crippen molar-refractivity contribution >= 4 is 15.9 Å². The molecule has 0 saturated carbocycles. The molecule has 0 aliphatic carbocycles. The molecular formula is C22H30N4O4S. The van der Waals surface area contributed by atoms with Crippen LogP contribution in [0, 0.1) is 0 Å². The topological polar surface area (TPSA) is 91.8 Å². The fourth-order valence-electron chi connectivity index (χ4n) is 3.75. The molecule has 31 heavy (non-hydrogen) atoms. The van der Waals surface area contributed by atoms with E-state index in [0.717, 1.165) is 41.5 Å². The van der Waals surface area contributed by atoms with Crippen molar-refractivity contribution in [3.8, 4) is 5.75 Å². The SMILES string of the molecule is COc1ccc(C(CNC(=O)CN(C)S(=O)(=O)c2cccnc2)N2CCCCC2)cc1. The highest BCUT2D eigenvalue weighted by molar-refractivity contribution is 7.89. The van der Waals surface area contributed by atoms with Gasteiger partial charge in [-0.2, -0.15) is 4.31 Å². The van der Waals surface area contributed by atoms with E-state index in [4.69, 9.17) is 4.74 Å². The molecule has 8 nitrogen and oxygen atoms in total. The van der Waals surface area contributed by atoms with Crippen molar-refractivity contribution in [1.29, 1.82) is 0 Å². The number of hydrogen-bond acceptors (Lipinski definition) is 6. The van der Waals surface area contributed by atoms with E-state index in [0.29, 0.717) is 6.54 Å². The molecule has 0 radical (unpaired) electrons. The highest BCUT2D eigenvalue weighted by Crippen LogP contribution is 2.26. The number of nitrogens with zero attached hydrogens (tertiary/aromatic N) is 3. The van der Waals surface area contributed by atoms with Crippen LogP contribution in [0.1, 0.15) is 30.9 Å². The van der Waals surface area contributed by atoms with Crippen LogP contribution in [0.3, 0.4) is 0 Å². The summed E-state index contributed by atoms with van der Waals surface area (Å²) in [6.45, 7) is 2.10. The lowest BCUT2D eigenvalue weighted by Gasteiger charge is -2.35. The van der Waals surface area contributed by atoms with Gasteiger partial charge in [0, 0.05) is 26.0 Å². The molecule has 3 rings (SSSR count). The molecule has 0 bridgehead atoms. The number of benzene rings is 1. The van der Waals surface area contributed by atoms with E-state index in [2.05, 4.69) is 15.2 Å². The summed E-state index contributed by atoms with van der Waals surface area (Å²) < 4.78 is 31.5. The molecule has 1 aliphatic rings. The van der Waals surface area contributed by atoms with Crippen molar-refractivity contribution in [2.45, 2.75) is 30.2 Å². The van der Waals surface area contributed by atoms with E-state index in [9.17, 15) is 13.2 Å². The Morgan fingerprint density at radius 2 is 1.90 bits per heavy atom. The predicted molar refractivity (Wildman–Crippen MR) is 118 cm³/mol. The minimum Gasteiger partial charge on any atom is -0.497 e. The Morgan fingerprint density at radius 3 is 2.52 bits per heavy atom. The summed E-state index contributed by atoms with van der Waals surface area (Å²) in [5.74, 6) is 0.442. The fourth-order valence-corrected chi connectivity index (χ4v) is 4.84. The summed E-state index contributed by atoms with van der Waals surface area (Å²) in [7, 11) is -0.739. The van der Waals surface area contributed by atoms with Crippen LogP contribution in [0.25, 0.3) is 0 Å². The molecule has 1 fully saturated rings. The molecule has 1 aliphatic heterocycles. The summed E-state index contributed by atoms with van der Waals surface area (Å²) in [4.78, 5) is 18.9. The molecule has 1 aromatic heterocycles. The zero-order valence-electron chi connectivity index (χ0n) is 18.0. The number of rotatable bonds is 9. The number of carbonyl (C=O) groups excluding carboxylic acids is 1. The molecular weight excluding hydrogens is 416 g/mol. The van der Waals surface area contributed by atoms with E-state index >= 15 is 0 Å². The Morgan fingerprint density at radius 1 is 1.19 bits per heavy atom. The number of sulfonamides is 1. The highest BCUT2D eigenvalue weighted by atomic mass is 32.2. The lowest BCUT2D eigenvalue weighted by atomic mass is 10.0. The third kappa shape index (κ3) is 6.03. The quantitative estimate of drug-likeness (QED) is 0.634. The third-order valence-electron chi connectivity index (χ3n) is 5.53. The van der Waals surface area contributed by atoms with E-state index in [-0.39, 0.29) is 23.4 Å². The minimum absolute atomic E-state index is 0.0235. The molecule has 0 spiro atoms. The van der Waals surface area contributed by atoms with Crippen molar-refractivity contribution in [3.05, 3.63) is 54.4 Å². The maximum atomic E-state index is 12.6. The summed E-state index contributed by atoms with van der Waals surface area (Å²) in [6, 6.07) is 10.9. The van der Waals surface area contributed by atoms with Crippen LogP contribution in [0.2, 0.25) is 0 Å². The van der Waals surface area contributed by atoms with Crippen LogP contribution in [-0.2, 0) is 14.8 Å². The molecule has 2 aromatic rings. The fraction of sp³-hybridized carbons (Fsp3) is 0.455. The van der Waals surface area contributed by atoms with Gasteiger partial charge in [0.15, 0.2) is 0 Å². The normalized spacial score (nSPS) is 16.1. The number of piperidine rings is 1. The second-order valence-electron chi connectivity index (χ2n) is 7.64. The number of methoxy groups -OCH3 is 1. The Balaban J connectivity index is 1.65. The number of amides is 1. The van der Waals surface area contributed by atoms with E-state index in [1.807, 2.05) is 24.3 Å². The lowest BCUT2D eigenvalue weighted by Crippen LogP contribution is -2.43. The van der Waals surface area contributed by atoms with Crippen LogP contribution >= 0.6 is 0 Å². The Labute approximate surface area is 184 Å². The van der Waals surface area contributed by atoms with Gasteiger partial charge in [0.25, 0.3) is 0 Å². The van der Waals surface area contributed by atoms with Gasteiger partial charge < -0.3 is 10.1 Å². The monoisotopic (exact) mass is 446 g/mol. The molecule has 1 amide bonds. The number of carbonyl (C=O) groups is 1. The van der Waals surface area contributed by atoms with Gasteiger partial charge in [-0.1, -0.05) is 18.6 Å². The smallest absolute Gasteiger partial charge is 0.244 e. The predicted octanol–water partition coefficient (Wildman–Crippen LogP) is 2.05. The minimum atomic E-state index is -3.77. The van der Waals surface area contributed by atoms with E-state index in [1.165, 1.54) is 31.9 Å². The van der Waals surface area contributed by atoms with Crippen LogP contribution in [0.15, 0.2) is 53.7 Å². The highest BCUT2D eigenvalue weighted by Gasteiger charge is 2.25. The molecule has 9 heteroatoms. The summed E-state index contributed by atoms with van der Waals surface area (Å²) >= 11 is 0. The maximum Gasteiger partial charge on any atom is 0.244 e. The van der Waals surface area contributed by atoms with Gasteiger partial charge in [0.2, 0.25) is 15.9 Å². The number of likely N-dealkylation sites (tertiary alicyclic amines) is 1. The number of likely N-dealkylation sites (N-methyl/N-ethyl adjacent to an activating group) is 1. The summed E-state index contributed by atoms with van der Waals surface area (Å²) in [5, 5.41) is 2.93. The molecule has 168 valence electrons. The summed E-state index contributed by atoms with van der Waals surface area (Å²) in [6.07, 6.45) is 6.26. The zero-order chi connectivity index (χ0) is 22.3. The first-order valence-electron chi connectivity index (χ1n) is 10.4. The van der Waals surface area contributed by atoms with Gasteiger partial charge >= 0.3 is 0 Å². The van der Waals surface area contributed by atoms with Crippen LogP contribution in [0.5, 0.6) is 5.75 Å². The number of hydrogen-bond donors (Lipinski definition) is 1. The van der Waals surface area contributed by atoms with Crippen molar-refractivity contribution in [2.75, 3.05) is 40.3 Å². The van der Waals surface area contributed by atoms with Crippen molar-refractivity contribution < 1.29 is 17.9 Å². The van der Waals surface area contributed by atoms with Crippen LogP contribution in [0.4, 0.5) is 0 Å². The van der Waals surface area contributed by atoms with E-state index < -0.39 is 10.0 Å². The number of ether oxygens (including phenoxy) is 1. The van der Waals surface area contributed by atoms with Crippen LogP contribution in [-0.4, -0.2) is 68.9 Å². The molecule has 2 heterocycles. The van der Waals surface area contributed by atoms with Crippen molar-refractivity contribution in [1.82, 2.24) is 19.5 Å². The molecule has 1 saturated heterocycles. The van der Waals surface area contributed by atoms with Gasteiger partial charge in [-0.3, -0.25) is 14.7 Å². The first-order chi connectivity index (χ1) is 14.9. The summed E-state index contributed by atoms with van der Waals surface area (Å²) in [5.41, 5.74) is 1.10. The largest absolute Gasteiger partial charge is 0.497 e. The average Bonchev–Trinajstić information content (AvgIpc) is 2.81. The molecule has 1 N–H and O–H groups in total. The van der Waals surface area contributed by atoms with Gasteiger partial charge in [-0.25, -0.2) is 8.42 Å². The van der Waals surface area contributed by atoms with Gasteiger partial charge in [-0.05, 0) is 55.8 Å². The number of nitrogens with one attached hydrogen (secondary N) is 1. The standard InChI is InChI=1S/C22H30N4O4S/c1-25(31(28,29)20-7-6-12-23-15-20)17-22(27)24-16-21(26-13-4-3-5-14-26)18-8-10-19(30-2)11-9-18/h6-12,15,21H,3-5,13-14,16-17H2,1-2H3,(H,24,27). The van der Waals surface area contributed by atoms with Gasteiger partial charge in [0.05, 0.1) is 19.7 Å². The van der Waals surface area contributed by atoms with Gasteiger partial charge in [-0.15, -0.1) is 0 Å². The Hall–Kier alpha value is -2.49. The second-order valence-corrected chi connectivity index (χ2v) is 9.68. The first kappa shape index (κ1) is 23.2. The Kier molecular flexibility index (Phi) is 8.00. The molecule has 1 atom stereocenters. The second kappa shape index (κ2) is 10.7. The number of pyridine rings is 1. The third-order valence-corrected chi connectivity index (χ3v) is 7.32. The first-order valence-corrected chi connectivity index (χ1v) is 11.9. The zero-order valence-corrected chi connectivity index (χ0v) is 18.8. The lowest BCUT2D eigenvalue weighted by molar-refractivity contribution is -0.121. The number of aromatic nitrogens is 1. The van der Waals surface area contributed by atoms with Crippen LogP contribution < -0.4 is 10.1 Å². The molecule has 1 unspecified atom stereocenters. The maximum absolute atomic E-state index is 12.6. The van der Waals surface area contributed by atoms with Crippen molar-refractivity contribution in [2.24, 2.45) is 0 Å². The van der Waals surface area contributed by atoms with Crippen molar-refractivity contribution in [3.63, 3.8) is 0 Å². The molecule has 1 aromatic carbocycles.